The van der Waals surface area contributed by atoms with Crippen molar-refractivity contribution in [1.82, 2.24) is 4.98 Å². The van der Waals surface area contributed by atoms with Crippen molar-refractivity contribution >= 4 is 66.7 Å². The Morgan fingerprint density at radius 2 is 2.00 bits per heavy atom. The van der Waals surface area contributed by atoms with Crippen LogP contribution in [0.3, 0.4) is 0 Å². The van der Waals surface area contributed by atoms with Crippen molar-refractivity contribution in [1.29, 1.82) is 5.26 Å². The Balaban J connectivity index is 0.000000606. The maximum atomic E-state index is 8.75. The molecule has 0 fully saturated rings. The van der Waals surface area contributed by atoms with Gasteiger partial charge < -0.3 is 0 Å². The van der Waals surface area contributed by atoms with E-state index in [1.165, 1.54) is 6.20 Å². The third-order valence-electron chi connectivity index (χ3n) is 1.89. The summed E-state index contributed by atoms with van der Waals surface area (Å²) in [5.74, 6) is 0. The summed E-state index contributed by atoms with van der Waals surface area (Å²) in [5, 5.41) is 10.0. The molecule has 0 aliphatic carbocycles. The Morgan fingerprint density at radius 3 is 2.62 bits per heavy atom. The van der Waals surface area contributed by atoms with Gasteiger partial charge in [-0.1, -0.05) is 33.6 Å². The van der Waals surface area contributed by atoms with E-state index in [0.717, 1.165) is 15.4 Å². The van der Waals surface area contributed by atoms with Crippen LogP contribution in [0.15, 0.2) is 28.9 Å². The van der Waals surface area contributed by atoms with Gasteiger partial charge in [0.2, 0.25) is 0 Å². The smallest absolute Gasteiger partial charge is 0.102 e. The Labute approximate surface area is 122 Å². The second-order valence-electron chi connectivity index (χ2n) is 2.76. The number of rotatable bonds is 0. The Kier molecular flexibility index (Phi) is 5.70. The molecule has 16 heavy (non-hydrogen) atoms. The normalized spacial score (nSPS) is 9.19. The maximum absolute atomic E-state index is 8.75. The molecule has 0 N–H and O–H groups in total. The highest BCUT2D eigenvalue weighted by Gasteiger charge is 2.05. The van der Waals surface area contributed by atoms with Crippen molar-refractivity contribution in [2.45, 2.75) is 0 Å². The number of halogens is 4. The molecule has 2 aromatic rings. The first-order valence-corrected chi connectivity index (χ1v) is 8.89. The van der Waals surface area contributed by atoms with Gasteiger partial charge in [0.15, 0.2) is 0 Å². The molecule has 0 amide bonds. The first-order valence-electron chi connectivity index (χ1n) is 4.00. The Bertz CT molecular complexity index is 551. The molecule has 82 valence electrons. The number of nitrogens with zero attached hydrogens (tertiary/aromatic N) is 2. The lowest BCUT2D eigenvalue weighted by molar-refractivity contribution is 1.37. The molecule has 0 unspecified atom stereocenters. The number of aromatic nitrogens is 1. The first kappa shape index (κ1) is 13.9. The molecule has 0 aliphatic heterocycles. The summed E-state index contributed by atoms with van der Waals surface area (Å²) in [6.45, 7) is 0. The topological polar surface area (TPSA) is 36.7 Å². The van der Waals surface area contributed by atoms with Gasteiger partial charge in [0.25, 0.3) is 0 Å². The van der Waals surface area contributed by atoms with Gasteiger partial charge in [-0.3, -0.25) is 4.98 Å². The highest BCUT2D eigenvalue weighted by molar-refractivity contribution is 9.93. The molecule has 0 saturated heterocycles. The van der Waals surface area contributed by atoms with Crippen LogP contribution in [0.2, 0.25) is 5.02 Å². The molecule has 1 aromatic carbocycles. The lowest BCUT2D eigenvalue weighted by Crippen LogP contribution is -1.84. The van der Waals surface area contributed by atoms with Gasteiger partial charge in [-0.05, 0) is 12.1 Å². The fourth-order valence-electron chi connectivity index (χ4n) is 1.21. The van der Waals surface area contributed by atoms with Gasteiger partial charge in [0, 0.05) is 44.3 Å². The van der Waals surface area contributed by atoms with E-state index >= 15 is 0 Å². The summed E-state index contributed by atoms with van der Waals surface area (Å²) in [7, 11) is 0. The lowest BCUT2D eigenvalue weighted by atomic mass is 10.2. The van der Waals surface area contributed by atoms with Crippen LogP contribution in [0, 0.1) is 11.3 Å². The number of hydrogen-bond donors (Lipinski definition) is 0. The molecule has 2 nitrogen and oxygen atoms in total. The summed E-state index contributed by atoms with van der Waals surface area (Å²) in [6, 6.07) is 7.57. The summed E-state index contributed by atoms with van der Waals surface area (Å²) in [6.07, 6.45) is 1.48. The zero-order valence-electron chi connectivity index (χ0n) is 7.72. The Morgan fingerprint density at radius 1 is 1.31 bits per heavy atom. The fourth-order valence-corrected chi connectivity index (χ4v) is 1.81. The van der Waals surface area contributed by atoms with Crippen molar-refractivity contribution in [3.63, 3.8) is 0 Å². The minimum absolute atomic E-state index is 0.404. The van der Waals surface area contributed by atoms with Crippen LogP contribution in [0.5, 0.6) is 0 Å². The van der Waals surface area contributed by atoms with Gasteiger partial charge in [0.05, 0.1) is 16.1 Å². The highest BCUT2D eigenvalue weighted by Crippen LogP contribution is 2.27. The average Bonchev–Trinajstić information content (AvgIpc) is 2.32. The molecule has 1 heterocycles. The monoisotopic (exact) mass is 424 g/mol. The summed E-state index contributed by atoms with van der Waals surface area (Å²) in [4.78, 5) is 4.14. The van der Waals surface area contributed by atoms with E-state index in [1.807, 2.05) is 24.3 Å². The molecule has 0 atom stereocenters. The third-order valence-corrected chi connectivity index (χ3v) is 2.79. The number of fused-ring (bicyclic) bond motifs is 1. The lowest BCUT2D eigenvalue weighted by Gasteiger charge is -2.01. The number of benzene rings is 1. The minimum Gasteiger partial charge on any atom is -0.255 e. The van der Waals surface area contributed by atoms with E-state index in [2.05, 4.69) is 49.2 Å². The van der Waals surface area contributed by atoms with E-state index in [4.69, 9.17) is 16.9 Å². The van der Waals surface area contributed by atoms with Gasteiger partial charge in [-0.15, -0.1) is 0 Å². The van der Waals surface area contributed by atoms with E-state index < -0.39 is 0 Å². The van der Waals surface area contributed by atoms with Crippen LogP contribution in [-0.4, -0.2) is 4.98 Å². The predicted molar refractivity (Wildman–Crippen MR) is 77.0 cm³/mol. The molecule has 0 bridgehead atoms. The van der Waals surface area contributed by atoms with Gasteiger partial charge in [-0.25, -0.2) is 0 Å². The maximum Gasteiger partial charge on any atom is 0.102 e. The standard InChI is InChI=1S/C10H4BrClN2.Br2/c11-7-1-2-8-9(3-7)14-5-6(4-13)10(8)12;1-2/h1-3,5H;. The van der Waals surface area contributed by atoms with E-state index in [-0.39, 0.29) is 0 Å². The quantitative estimate of drug-likeness (QED) is 0.579. The van der Waals surface area contributed by atoms with Crippen LogP contribution < -0.4 is 0 Å². The van der Waals surface area contributed by atoms with Gasteiger partial charge in [0.1, 0.15) is 6.07 Å². The Hall–Kier alpha value is -0.150. The predicted octanol–water partition coefficient (Wildman–Crippen LogP) is 5.21. The molecule has 1 aromatic heterocycles. The first-order chi connectivity index (χ1) is 7.72. The summed E-state index contributed by atoms with van der Waals surface area (Å²) < 4.78 is 0.943. The van der Waals surface area contributed by atoms with Crippen molar-refractivity contribution in [2.24, 2.45) is 0 Å². The van der Waals surface area contributed by atoms with E-state index in [1.54, 1.807) is 0 Å². The molecule has 0 radical (unpaired) electrons. The number of pyridine rings is 1. The molecule has 0 spiro atoms. The second kappa shape index (κ2) is 6.55. The number of hydrogen-bond acceptors (Lipinski definition) is 2. The van der Waals surface area contributed by atoms with Gasteiger partial charge in [-0.2, -0.15) is 5.26 Å². The number of nitriles is 1. The zero-order valence-corrected chi connectivity index (χ0v) is 13.2. The molecule has 0 aliphatic rings. The third kappa shape index (κ3) is 2.95. The van der Waals surface area contributed by atoms with Crippen molar-refractivity contribution in [3.8, 4) is 6.07 Å². The molecule has 2 rings (SSSR count). The SMILES string of the molecule is BrBr.N#Cc1cnc2cc(Br)ccc2c1Cl. The van der Waals surface area contributed by atoms with Crippen LogP contribution in [0.1, 0.15) is 5.56 Å². The molecule has 6 heteroatoms. The largest absolute Gasteiger partial charge is 0.255 e. The zero-order chi connectivity index (χ0) is 12.1. The van der Waals surface area contributed by atoms with Crippen molar-refractivity contribution < 1.29 is 0 Å². The van der Waals surface area contributed by atoms with Crippen molar-refractivity contribution in [2.75, 3.05) is 0 Å². The van der Waals surface area contributed by atoms with Gasteiger partial charge >= 0.3 is 0 Å². The average molecular weight is 427 g/mol. The van der Waals surface area contributed by atoms with E-state index in [0.29, 0.717) is 10.6 Å². The van der Waals surface area contributed by atoms with Crippen molar-refractivity contribution in [3.05, 3.63) is 39.5 Å². The molecule has 0 saturated carbocycles. The highest BCUT2D eigenvalue weighted by atomic mass is 80.9. The van der Waals surface area contributed by atoms with E-state index in [9.17, 15) is 0 Å². The van der Waals surface area contributed by atoms with Crippen LogP contribution >= 0.6 is 55.8 Å². The fraction of sp³-hybridized carbons (Fsp3) is 0. The second-order valence-corrected chi connectivity index (χ2v) is 4.05. The summed E-state index contributed by atoms with van der Waals surface area (Å²) in [5.41, 5.74) is 1.19. The minimum atomic E-state index is 0.404. The summed E-state index contributed by atoms with van der Waals surface area (Å²) >= 11 is 14.9. The van der Waals surface area contributed by atoms with Crippen LogP contribution in [-0.2, 0) is 0 Å². The molecular weight excluding hydrogens is 423 g/mol. The molecular formula is C10H4Br3ClN2. The van der Waals surface area contributed by atoms with Crippen LogP contribution in [0.25, 0.3) is 10.9 Å². The van der Waals surface area contributed by atoms with Crippen LogP contribution in [0.4, 0.5) is 0 Å².